The summed E-state index contributed by atoms with van der Waals surface area (Å²) in [5, 5.41) is 2.76. The summed E-state index contributed by atoms with van der Waals surface area (Å²) < 4.78 is 51.1. The molecular formula is C16H25F2N3O3S. The molecule has 0 radical (unpaired) electrons. The number of amides is 1. The predicted octanol–water partition coefficient (Wildman–Crippen LogP) is 1.58. The molecule has 0 aromatic heterocycles. The maximum Gasteiger partial charge on any atom is 0.232 e. The van der Waals surface area contributed by atoms with E-state index in [1.54, 1.807) is 0 Å². The Labute approximate surface area is 147 Å². The van der Waals surface area contributed by atoms with Gasteiger partial charge in [0.25, 0.3) is 0 Å². The quantitative estimate of drug-likeness (QED) is 0.629. The summed E-state index contributed by atoms with van der Waals surface area (Å²) in [7, 11) is 0.220. The number of carbonyl (C=O) groups excluding carboxylic acids is 1. The van der Waals surface area contributed by atoms with Crippen molar-refractivity contribution < 1.29 is 22.0 Å². The minimum absolute atomic E-state index is 0.00895. The van der Waals surface area contributed by atoms with Gasteiger partial charge in [-0.3, -0.25) is 9.10 Å². The van der Waals surface area contributed by atoms with Crippen molar-refractivity contribution in [1.82, 2.24) is 10.2 Å². The zero-order valence-electron chi connectivity index (χ0n) is 14.8. The van der Waals surface area contributed by atoms with Gasteiger partial charge in [-0.2, -0.15) is 0 Å². The molecule has 0 aliphatic heterocycles. The fourth-order valence-electron chi connectivity index (χ4n) is 2.22. The molecule has 0 aliphatic carbocycles. The van der Waals surface area contributed by atoms with E-state index in [9.17, 15) is 22.0 Å². The summed E-state index contributed by atoms with van der Waals surface area (Å²) in [5.74, 6) is -2.34. The van der Waals surface area contributed by atoms with Crippen LogP contribution >= 0.6 is 0 Å². The zero-order chi connectivity index (χ0) is 19.0. The first kappa shape index (κ1) is 21.3. The van der Waals surface area contributed by atoms with Gasteiger partial charge in [0.1, 0.15) is 0 Å². The van der Waals surface area contributed by atoms with Crippen molar-refractivity contribution in [3.05, 3.63) is 29.8 Å². The molecule has 6 nitrogen and oxygen atoms in total. The molecule has 0 unspecified atom stereocenters. The lowest BCUT2D eigenvalue weighted by Gasteiger charge is -2.22. The van der Waals surface area contributed by atoms with Gasteiger partial charge in [0.2, 0.25) is 15.9 Å². The number of sulfonamides is 1. The van der Waals surface area contributed by atoms with Crippen LogP contribution in [0.4, 0.5) is 14.5 Å². The topological polar surface area (TPSA) is 69.7 Å². The second kappa shape index (κ2) is 9.67. The number of nitrogens with one attached hydrogen (secondary N) is 1. The Bertz CT molecular complexity index is 681. The van der Waals surface area contributed by atoms with Crippen LogP contribution in [0, 0.1) is 11.6 Å². The number of halogens is 2. The van der Waals surface area contributed by atoms with Crippen LogP contribution in [0.15, 0.2) is 18.2 Å². The van der Waals surface area contributed by atoms with Gasteiger partial charge in [-0.1, -0.05) is 0 Å². The van der Waals surface area contributed by atoms with Crippen LogP contribution in [-0.2, 0) is 14.8 Å². The highest BCUT2D eigenvalue weighted by Gasteiger charge is 2.19. The number of hydrogen-bond donors (Lipinski definition) is 1. The number of nitrogens with zero attached hydrogens (tertiary/aromatic N) is 2. The van der Waals surface area contributed by atoms with Crippen LogP contribution in [0.5, 0.6) is 0 Å². The number of carbonyl (C=O) groups is 1. The van der Waals surface area contributed by atoms with Crippen LogP contribution < -0.4 is 9.62 Å². The molecule has 0 heterocycles. The molecule has 9 heteroatoms. The summed E-state index contributed by atoms with van der Waals surface area (Å²) in [5.41, 5.74) is 0.0350. The number of rotatable bonds is 10. The lowest BCUT2D eigenvalue weighted by atomic mass is 10.2. The van der Waals surface area contributed by atoms with Crippen LogP contribution in [0.1, 0.15) is 19.3 Å². The third-order valence-corrected chi connectivity index (χ3v) is 4.65. The van der Waals surface area contributed by atoms with E-state index in [2.05, 4.69) is 5.32 Å². The molecule has 0 saturated heterocycles. The first-order valence-corrected chi connectivity index (χ1v) is 9.80. The van der Waals surface area contributed by atoms with Gasteiger partial charge in [-0.25, -0.2) is 17.2 Å². The van der Waals surface area contributed by atoms with Crippen molar-refractivity contribution in [3.8, 4) is 0 Å². The second-order valence-electron chi connectivity index (χ2n) is 6.04. The molecule has 0 fully saturated rings. The highest BCUT2D eigenvalue weighted by atomic mass is 32.2. The molecule has 0 bridgehead atoms. The Balaban J connectivity index is 2.55. The molecule has 1 N–H and O–H groups in total. The molecule has 0 atom stereocenters. The van der Waals surface area contributed by atoms with E-state index >= 15 is 0 Å². The minimum atomic E-state index is -3.67. The Morgan fingerprint density at radius 3 is 2.36 bits per heavy atom. The van der Waals surface area contributed by atoms with Gasteiger partial charge in [-0.15, -0.1) is 0 Å². The average molecular weight is 377 g/mol. The van der Waals surface area contributed by atoms with Crippen LogP contribution in [0.2, 0.25) is 0 Å². The maximum absolute atomic E-state index is 13.3. The predicted molar refractivity (Wildman–Crippen MR) is 94.0 cm³/mol. The molecule has 0 spiro atoms. The fraction of sp³-hybridized carbons (Fsp3) is 0.562. The van der Waals surface area contributed by atoms with Crippen LogP contribution in [0.25, 0.3) is 0 Å². The van der Waals surface area contributed by atoms with Gasteiger partial charge in [-0.05, 0) is 45.6 Å². The summed E-state index contributed by atoms with van der Waals surface area (Å²) >= 11 is 0. The van der Waals surface area contributed by atoms with Gasteiger partial charge in [0.15, 0.2) is 11.6 Å². The van der Waals surface area contributed by atoms with E-state index in [-0.39, 0.29) is 31.0 Å². The number of benzene rings is 1. The lowest BCUT2D eigenvalue weighted by molar-refractivity contribution is -0.121. The summed E-state index contributed by atoms with van der Waals surface area (Å²) in [6.07, 6.45) is 2.22. The number of anilines is 1. The fourth-order valence-corrected chi connectivity index (χ4v) is 3.18. The van der Waals surface area contributed by atoms with Crippen molar-refractivity contribution in [2.45, 2.75) is 19.3 Å². The summed E-state index contributed by atoms with van der Waals surface area (Å²) in [6.45, 7) is 1.42. The van der Waals surface area contributed by atoms with Gasteiger partial charge < -0.3 is 10.2 Å². The third-order valence-electron chi connectivity index (χ3n) is 3.46. The zero-order valence-corrected chi connectivity index (χ0v) is 15.6. The van der Waals surface area contributed by atoms with Crippen LogP contribution in [-0.4, -0.2) is 59.2 Å². The lowest BCUT2D eigenvalue weighted by Crippen LogP contribution is -2.32. The highest BCUT2D eigenvalue weighted by molar-refractivity contribution is 7.92. The first-order chi connectivity index (χ1) is 11.6. The Kier molecular flexibility index (Phi) is 8.24. The average Bonchev–Trinajstić information content (AvgIpc) is 2.49. The smallest absolute Gasteiger partial charge is 0.232 e. The third kappa shape index (κ3) is 7.78. The monoisotopic (exact) mass is 377 g/mol. The molecule has 0 aliphatic rings. The molecule has 1 amide bonds. The van der Waals surface area contributed by atoms with E-state index < -0.39 is 21.7 Å². The van der Waals surface area contributed by atoms with Crippen molar-refractivity contribution in [2.24, 2.45) is 0 Å². The van der Waals surface area contributed by atoms with Crippen LogP contribution in [0.3, 0.4) is 0 Å². The standard InChI is InChI=1S/C16H25F2N3O3S/c1-20(2)10-5-9-19-16(22)6-4-11-21(25(3,23)24)13-7-8-14(17)15(18)12-13/h7-8,12H,4-6,9-11H2,1-3H3,(H,19,22). The Morgan fingerprint density at radius 2 is 1.80 bits per heavy atom. The minimum Gasteiger partial charge on any atom is -0.356 e. The molecule has 25 heavy (non-hydrogen) atoms. The van der Waals surface area contributed by atoms with Crippen molar-refractivity contribution in [2.75, 3.05) is 44.3 Å². The molecule has 142 valence electrons. The summed E-state index contributed by atoms with van der Waals surface area (Å²) in [4.78, 5) is 13.8. The molecule has 0 saturated carbocycles. The van der Waals surface area contributed by atoms with Gasteiger partial charge >= 0.3 is 0 Å². The Morgan fingerprint density at radius 1 is 1.12 bits per heavy atom. The molecule has 1 aromatic rings. The molecular weight excluding hydrogens is 352 g/mol. The largest absolute Gasteiger partial charge is 0.356 e. The maximum atomic E-state index is 13.3. The van der Waals surface area contributed by atoms with E-state index in [4.69, 9.17) is 0 Å². The van der Waals surface area contributed by atoms with Crippen molar-refractivity contribution >= 4 is 21.6 Å². The molecule has 1 aromatic carbocycles. The van der Waals surface area contributed by atoms with Crippen molar-refractivity contribution in [1.29, 1.82) is 0 Å². The first-order valence-electron chi connectivity index (χ1n) is 7.95. The van der Waals surface area contributed by atoms with Crippen molar-refractivity contribution in [3.63, 3.8) is 0 Å². The highest BCUT2D eigenvalue weighted by Crippen LogP contribution is 2.21. The van der Waals surface area contributed by atoms with Gasteiger partial charge in [0, 0.05) is 25.6 Å². The normalized spacial score (nSPS) is 11.6. The Hall–Kier alpha value is -1.74. The SMILES string of the molecule is CN(C)CCCNC(=O)CCCN(c1ccc(F)c(F)c1)S(C)(=O)=O. The van der Waals surface area contributed by atoms with E-state index in [0.29, 0.717) is 6.54 Å². The number of hydrogen-bond acceptors (Lipinski definition) is 4. The van der Waals surface area contributed by atoms with E-state index in [1.165, 1.54) is 6.07 Å². The van der Waals surface area contributed by atoms with E-state index in [0.717, 1.165) is 35.7 Å². The van der Waals surface area contributed by atoms with Gasteiger partial charge in [0.05, 0.1) is 11.9 Å². The summed E-state index contributed by atoms with van der Waals surface area (Å²) in [6, 6.07) is 2.90. The molecule has 1 rings (SSSR count). The second-order valence-corrected chi connectivity index (χ2v) is 7.95. The van der Waals surface area contributed by atoms with E-state index in [1.807, 2.05) is 19.0 Å².